The summed E-state index contributed by atoms with van der Waals surface area (Å²) in [6, 6.07) is 1.58. The van der Waals surface area contributed by atoms with Crippen LogP contribution in [0.4, 0.5) is 0 Å². The highest BCUT2D eigenvalue weighted by Gasteiger charge is 2.33. The van der Waals surface area contributed by atoms with Gasteiger partial charge in [-0.05, 0) is 38.6 Å². The van der Waals surface area contributed by atoms with E-state index >= 15 is 0 Å². The summed E-state index contributed by atoms with van der Waals surface area (Å²) in [7, 11) is 2.13. The lowest BCUT2D eigenvalue weighted by Gasteiger charge is -2.40. The average Bonchev–Trinajstić information content (AvgIpc) is 3.05. The molecule has 3 fully saturated rings. The van der Waals surface area contributed by atoms with Gasteiger partial charge in [0.05, 0.1) is 0 Å². The predicted molar refractivity (Wildman–Crippen MR) is 71.2 cm³/mol. The number of nitrogens with one attached hydrogen (secondary N) is 1. The molecule has 3 aliphatic rings. The molecule has 1 saturated heterocycles. The zero-order valence-electron chi connectivity index (χ0n) is 11.2. The van der Waals surface area contributed by atoms with Crippen LogP contribution in [0.2, 0.25) is 0 Å². The van der Waals surface area contributed by atoms with E-state index in [1.54, 1.807) is 0 Å². The number of hydrogen-bond acceptors (Lipinski definition) is 3. The first-order valence-corrected chi connectivity index (χ1v) is 7.50. The molecule has 1 aliphatic heterocycles. The van der Waals surface area contributed by atoms with Gasteiger partial charge in [0, 0.05) is 44.8 Å². The number of likely N-dealkylation sites (N-methyl/N-ethyl adjacent to an activating group) is 1. The van der Waals surface area contributed by atoms with Gasteiger partial charge in [-0.3, -0.25) is 4.90 Å². The lowest BCUT2D eigenvalue weighted by atomic mass is 10.1. The maximum atomic E-state index is 3.51. The van der Waals surface area contributed by atoms with Crippen LogP contribution in [0.25, 0.3) is 0 Å². The normalized spacial score (nSPS) is 36.5. The molecule has 0 aromatic carbocycles. The molecule has 1 N–H and O–H groups in total. The summed E-state index contributed by atoms with van der Waals surface area (Å²) < 4.78 is 0. The number of piperazine rings is 1. The Balaban J connectivity index is 1.46. The van der Waals surface area contributed by atoms with Crippen molar-refractivity contribution in [3.8, 4) is 0 Å². The Morgan fingerprint density at radius 1 is 1.00 bits per heavy atom. The molecule has 3 nitrogen and oxygen atoms in total. The van der Waals surface area contributed by atoms with Crippen molar-refractivity contribution < 1.29 is 0 Å². The van der Waals surface area contributed by atoms with Crippen LogP contribution in [0.15, 0.2) is 0 Å². The molecular formula is C14H27N3. The molecule has 2 aliphatic carbocycles. The first-order chi connectivity index (χ1) is 8.36. The van der Waals surface area contributed by atoms with E-state index < -0.39 is 0 Å². The van der Waals surface area contributed by atoms with E-state index in [1.165, 1.54) is 64.8 Å². The Morgan fingerprint density at radius 2 is 1.76 bits per heavy atom. The minimum absolute atomic E-state index is 0.755. The Hall–Kier alpha value is -0.120. The molecule has 2 unspecified atom stereocenters. The topological polar surface area (TPSA) is 18.5 Å². The largest absolute Gasteiger partial charge is 0.315 e. The summed E-state index contributed by atoms with van der Waals surface area (Å²) in [5, 5.41) is 3.51. The van der Waals surface area contributed by atoms with E-state index in [-0.39, 0.29) is 0 Å². The quantitative estimate of drug-likeness (QED) is 0.791. The SMILES string of the molecule is CNC1CCCC1N1CCN(CC2CC2)CC1. The number of nitrogens with zero attached hydrogens (tertiary/aromatic N) is 2. The average molecular weight is 237 g/mol. The van der Waals surface area contributed by atoms with Crippen LogP contribution >= 0.6 is 0 Å². The van der Waals surface area contributed by atoms with E-state index in [1.807, 2.05) is 0 Å². The van der Waals surface area contributed by atoms with E-state index in [4.69, 9.17) is 0 Å². The van der Waals surface area contributed by atoms with Crippen molar-refractivity contribution in [3.05, 3.63) is 0 Å². The second-order valence-corrected chi connectivity index (χ2v) is 6.17. The molecule has 0 aromatic heterocycles. The van der Waals surface area contributed by atoms with Crippen LogP contribution in [-0.4, -0.2) is 61.7 Å². The van der Waals surface area contributed by atoms with Crippen LogP contribution in [-0.2, 0) is 0 Å². The van der Waals surface area contributed by atoms with Gasteiger partial charge in [0.15, 0.2) is 0 Å². The van der Waals surface area contributed by atoms with Crippen LogP contribution < -0.4 is 5.32 Å². The van der Waals surface area contributed by atoms with Gasteiger partial charge in [0.25, 0.3) is 0 Å². The van der Waals surface area contributed by atoms with Crippen LogP contribution in [0.5, 0.6) is 0 Å². The fourth-order valence-corrected chi connectivity index (χ4v) is 3.66. The third kappa shape index (κ3) is 2.83. The minimum atomic E-state index is 0.755. The van der Waals surface area contributed by atoms with Crippen molar-refractivity contribution in [3.63, 3.8) is 0 Å². The molecule has 0 radical (unpaired) electrons. The first-order valence-electron chi connectivity index (χ1n) is 7.50. The van der Waals surface area contributed by atoms with Gasteiger partial charge < -0.3 is 10.2 Å². The monoisotopic (exact) mass is 237 g/mol. The molecule has 1 heterocycles. The fourth-order valence-electron chi connectivity index (χ4n) is 3.66. The lowest BCUT2D eigenvalue weighted by Crippen LogP contribution is -2.54. The number of hydrogen-bond donors (Lipinski definition) is 1. The van der Waals surface area contributed by atoms with E-state index in [0.717, 1.165) is 18.0 Å². The van der Waals surface area contributed by atoms with Gasteiger partial charge >= 0.3 is 0 Å². The third-order valence-corrected chi connectivity index (χ3v) is 4.94. The van der Waals surface area contributed by atoms with Crippen molar-refractivity contribution in [1.82, 2.24) is 15.1 Å². The second-order valence-electron chi connectivity index (χ2n) is 6.17. The summed E-state index contributed by atoms with van der Waals surface area (Å²) in [5.41, 5.74) is 0. The molecule has 0 bridgehead atoms. The van der Waals surface area contributed by atoms with Gasteiger partial charge in [-0.15, -0.1) is 0 Å². The minimum Gasteiger partial charge on any atom is -0.315 e. The molecule has 3 rings (SSSR count). The van der Waals surface area contributed by atoms with Crippen molar-refractivity contribution in [2.45, 2.75) is 44.2 Å². The molecule has 0 spiro atoms. The maximum absolute atomic E-state index is 3.51. The second kappa shape index (κ2) is 5.25. The highest BCUT2D eigenvalue weighted by Crippen LogP contribution is 2.30. The van der Waals surface area contributed by atoms with Crippen LogP contribution in [0.1, 0.15) is 32.1 Å². The molecule has 2 atom stereocenters. The third-order valence-electron chi connectivity index (χ3n) is 4.94. The summed E-state index contributed by atoms with van der Waals surface area (Å²) >= 11 is 0. The summed E-state index contributed by atoms with van der Waals surface area (Å²) in [5.74, 6) is 1.05. The van der Waals surface area contributed by atoms with Crippen molar-refractivity contribution in [1.29, 1.82) is 0 Å². The van der Waals surface area contributed by atoms with Gasteiger partial charge in [0.1, 0.15) is 0 Å². The fraction of sp³-hybridized carbons (Fsp3) is 1.00. The number of rotatable bonds is 4. The Kier molecular flexibility index (Phi) is 3.69. The van der Waals surface area contributed by atoms with E-state index in [2.05, 4.69) is 22.2 Å². The summed E-state index contributed by atoms with van der Waals surface area (Å²) in [4.78, 5) is 5.44. The highest BCUT2D eigenvalue weighted by atomic mass is 15.3. The lowest BCUT2D eigenvalue weighted by molar-refractivity contribution is 0.0853. The summed E-state index contributed by atoms with van der Waals surface area (Å²) in [6.07, 6.45) is 7.19. The zero-order valence-corrected chi connectivity index (χ0v) is 11.2. The van der Waals surface area contributed by atoms with Crippen molar-refractivity contribution in [2.75, 3.05) is 39.8 Å². The van der Waals surface area contributed by atoms with Crippen LogP contribution in [0.3, 0.4) is 0 Å². The molecule has 98 valence electrons. The van der Waals surface area contributed by atoms with E-state index in [9.17, 15) is 0 Å². The standard InChI is InChI=1S/C14H27N3/c1-15-13-3-2-4-14(13)17-9-7-16(8-10-17)11-12-5-6-12/h12-15H,2-11H2,1H3. The molecule has 0 aromatic rings. The molecule has 17 heavy (non-hydrogen) atoms. The van der Waals surface area contributed by atoms with Gasteiger partial charge in [-0.25, -0.2) is 0 Å². The molecular weight excluding hydrogens is 210 g/mol. The zero-order chi connectivity index (χ0) is 11.7. The Labute approximate surface area is 106 Å². The van der Waals surface area contributed by atoms with Gasteiger partial charge in [-0.2, -0.15) is 0 Å². The Bertz CT molecular complexity index is 244. The molecule has 2 saturated carbocycles. The van der Waals surface area contributed by atoms with Crippen LogP contribution in [0, 0.1) is 5.92 Å². The molecule has 3 heteroatoms. The van der Waals surface area contributed by atoms with Gasteiger partial charge in [0.2, 0.25) is 0 Å². The van der Waals surface area contributed by atoms with Crippen molar-refractivity contribution >= 4 is 0 Å². The van der Waals surface area contributed by atoms with E-state index in [0.29, 0.717) is 0 Å². The van der Waals surface area contributed by atoms with Crippen molar-refractivity contribution in [2.24, 2.45) is 5.92 Å². The smallest absolute Gasteiger partial charge is 0.0250 e. The predicted octanol–water partition coefficient (Wildman–Crippen LogP) is 1.15. The Morgan fingerprint density at radius 3 is 2.41 bits per heavy atom. The summed E-state index contributed by atoms with van der Waals surface area (Å²) in [6.45, 7) is 6.60. The van der Waals surface area contributed by atoms with Gasteiger partial charge in [-0.1, -0.05) is 6.42 Å². The highest BCUT2D eigenvalue weighted by molar-refractivity contribution is 4.92. The first kappa shape index (κ1) is 11.9. The molecule has 0 amide bonds. The maximum Gasteiger partial charge on any atom is 0.0250 e.